The Morgan fingerprint density at radius 1 is 1.23 bits per heavy atom. The summed E-state index contributed by atoms with van der Waals surface area (Å²) >= 11 is 3.11. The minimum Gasteiger partial charge on any atom is -0.325 e. The molecule has 0 aliphatic heterocycles. The second-order valence-corrected chi connectivity index (χ2v) is 9.76. The highest BCUT2D eigenvalue weighted by Crippen LogP contribution is 2.37. The molecule has 1 aliphatic rings. The van der Waals surface area contributed by atoms with Gasteiger partial charge in [0, 0.05) is 12.1 Å². The van der Waals surface area contributed by atoms with Gasteiger partial charge in [-0.15, -0.1) is 16.4 Å². The Balaban J connectivity index is 1.19. The number of anilines is 1. The SMILES string of the molecule is CC(Sc1nnnn1C1CC1)C(=O)Nc1ccc(Cc2nc3ccccc3s2)cc1. The zero-order valence-corrected chi connectivity index (χ0v) is 18.0. The van der Waals surface area contributed by atoms with Gasteiger partial charge in [0.15, 0.2) is 0 Å². The van der Waals surface area contributed by atoms with Crippen LogP contribution in [0.3, 0.4) is 0 Å². The molecule has 0 spiro atoms. The van der Waals surface area contributed by atoms with E-state index in [2.05, 4.69) is 31.9 Å². The third-order valence-electron chi connectivity index (χ3n) is 4.92. The Kier molecular flexibility index (Phi) is 5.22. The lowest BCUT2D eigenvalue weighted by molar-refractivity contribution is -0.115. The van der Waals surface area contributed by atoms with Crippen LogP contribution in [0, 0.1) is 0 Å². The number of carbonyl (C=O) groups excluding carboxylic acids is 1. The number of thiazole rings is 1. The Hall–Kier alpha value is -2.78. The van der Waals surface area contributed by atoms with Crippen molar-refractivity contribution in [2.45, 2.75) is 42.6 Å². The molecule has 0 radical (unpaired) electrons. The largest absolute Gasteiger partial charge is 0.325 e. The Bertz CT molecular complexity index is 1150. The number of nitrogens with one attached hydrogen (secondary N) is 1. The van der Waals surface area contributed by atoms with Crippen LogP contribution >= 0.6 is 23.1 Å². The molecular weight excluding hydrogens is 416 g/mol. The van der Waals surface area contributed by atoms with Crippen molar-refractivity contribution in [3.8, 4) is 0 Å². The summed E-state index contributed by atoms with van der Waals surface area (Å²) in [7, 11) is 0. The van der Waals surface area contributed by atoms with Gasteiger partial charge in [0.2, 0.25) is 11.1 Å². The third-order valence-corrected chi connectivity index (χ3v) is 7.01. The van der Waals surface area contributed by atoms with Crippen molar-refractivity contribution in [2.75, 3.05) is 5.32 Å². The molecule has 9 heteroatoms. The number of hydrogen-bond donors (Lipinski definition) is 1. The first-order valence-corrected chi connectivity index (χ1v) is 11.5. The maximum atomic E-state index is 12.6. The topological polar surface area (TPSA) is 85.6 Å². The van der Waals surface area contributed by atoms with E-state index in [9.17, 15) is 4.79 Å². The molecule has 2 aromatic heterocycles. The van der Waals surface area contributed by atoms with Gasteiger partial charge in [-0.25, -0.2) is 9.67 Å². The second kappa shape index (κ2) is 8.16. The van der Waals surface area contributed by atoms with E-state index in [1.165, 1.54) is 16.5 Å². The monoisotopic (exact) mass is 436 g/mol. The molecule has 2 heterocycles. The first kappa shape index (κ1) is 19.2. The lowest BCUT2D eigenvalue weighted by Gasteiger charge is -2.12. The zero-order chi connectivity index (χ0) is 20.5. The van der Waals surface area contributed by atoms with Crippen LogP contribution in [0.1, 0.15) is 36.4 Å². The normalized spacial score (nSPS) is 14.7. The van der Waals surface area contributed by atoms with Gasteiger partial charge < -0.3 is 5.32 Å². The fraction of sp³-hybridized carbons (Fsp3) is 0.286. The summed E-state index contributed by atoms with van der Waals surface area (Å²) in [6.45, 7) is 1.87. The van der Waals surface area contributed by atoms with E-state index in [1.807, 2.05) is 54.1 Å². The van der Waals surface area contributed by atoms with Gasteiger partial charge in [0.25, 0.3) is 0 Å². The number of para-hydroxylation sites is 1. The highest BCUT2D eigenvalue weighted by atomic mass is 32.2. The molecule has 5 rings (SSSR count). The summed E-state index contributed by atoms with van der Waals surface area (Å²) in [5.74, 6) is -0.0655. The minimum atomic E-state index is -0.295. The average Bonchev–Trinajstić information content (AvgIpc) is 3.35. The summed E-state index contributed by atoms with van der Waals surface area (Å²) < 4.78 is 3.03. The Morgan fingerprint density at radius 2 is 2.03 bits per heavy atom. The minimum absolute atomic E-state index is 0.0655. The lowest BCUT2D eigenvalue weighted by Crippen LogP contribution is -2.23. The van der Waals surface area contributed by atoms with E-state index >= 15 is 0 Å². The Morgan fingerprint density at radius 3 is 2.80 bits per heavy atom. The van der Waals surface area contributed by atoms with Gasteiger partial charge in [-0.1, -0.05) is 36.0 Å². The molecule has 2 aromatic carbocycles. The number of fused-ring (bicyclic) bond motifs is 1. The van der Waals surface area contributed by atoms with Crippen LogP contribution < -0.4 is 5.32 Å². The molecule has 1 N–H and O–H groups in total. The van der Waals surface area contributed by atoms with E-state index < -0.39 is 0 Å². The number of nitrogens with zero attached hydrogens (tertiary/aromatic N) is 5. The van der Waals surface area contributed by atoms with Gasteiger partial charge >= 0.3 is 0 Å². The molecule has 1 saturated carbocycles. The van der Waals surface area contributed by atoms with Crippen molar-refractivity contribution in [3.63, 3.8) is 0 Å². The van der Waals surface area contributed by atoms with Crippen LogP contribution in [0.2, 0.25) is 0 Å². The van der Waals surface area contributed by atoms with Gasteiger partial charge in [-0.3, -0.25) is 4.79 Å². The fourth-order valence-corrected chi connectivity index (χ4v) is 5.00. The van der Waals surface area contributed by atoms with Crippen molar-refractivity contribution in [1.29, 1.82) is 0 Å². The quantitative estimate of drug-likeness (QED) is 0.434. The average molecular weight is 437 g/mol. The molecule has 1 aliphatic carbocycles. The van der Waals surface area contributed by atoms with E-state index in [0.29, 0.717) is 11.2 Å². The summed E-state index contributed by atoms with van der Waals surface area (Å²) in [4.78, 5) is 17.3. The molecule has 30 heavy (non-hydrogen) atoms. The van der Waals surface area contributed by atoms with Crippen molar-refractivity contribution in [3.05, 3.63) is 59.1 Å². The standard InChI is InChI=1S/C21H20N6OS2/c1-13(29-21-24-25-26-27(21)16-10-11-16)20(28)22-15-8-6-14(7-9-15)12-19-23-17-4-2-3-5-18(17)30-19/h2-9,13,16H,10-12H2,1H3,(H,22,28). The summed E-state index contributed by atoms with van der Waals surface area (Å²) in [6, 6.07) is 16.5. The molecule has 4 aromatic rings. The molecule has 1 atom stereocenters. The first-order valence-electron chi connectivity index (χ1n) is 9.84. The zero-order valence-electron chi connectivity index (χ0n) is 16.4. The molecule has 1 unspecified atom stereocenters. The molecule has 152 valence electrons. The molecule has 7 nitrogen and oxygen atoms in total. The molecule has 1 fully saturated rings. The lowest BCUT2D eigenvalue weighted by atomic mass is 10.1. The maximum absolute atomic E-state index is 12.6. The van der Waals surface area contributed by atoms with Crippen LogP contribution in [-0.2, 0) is 11.2 Å². The predicted molar refractivity (Wildman–Crippen MR) is 119 cm³/mol. The van der Waals surface area contributed by atoms with Gasteiger partial charge in [0.1, 0.15) is 0 Å². The number of thioether (sulfide) groups is 1. The van der Waals surface area contributed by atoms with Crippen LogP contribution in [-0.4, -0.2) is 36.3 Å². The summed E-state index contributed by atoms with van der Waals surface area (Å²) in [5, 5.41) is 16.3. The molecule has 1 amide bonds. The van der Waals surface area contributed by atoms with E-state index in [1.54, 1.807) is 11.3 Å². The maximum Gasteiger partial charge on any atom is 0.237 e. The molecular formula is C21H20N6OS2. The smallest absolute Gasteiger partial charge is 0.237 e. The first-order chi connectivity index (χ1) is 14.7. The Labute approximate surface area is 181 Å². The number of benzene rings is 2. The number of tetrazole rings is 1. The van der Waals surface area contributed by atoms with Crippen LogP contribution in [0.5, 0.6) is 0 Å². The highest BCUT2D eigenvalue weighted by molar-refractivity contribution is 8.00. The molecule has 0 saturated heterocycles. The van der Waals surface area contributed by atoms with Crippen molar-refractivity contribution < 1.29 is 4.79 Å². The molecule has 0 bridgehead atoms. The third kappa shape index (κ3) is 4.22. The number of hydrogen-bond acceptors (Lipinski definition) is 7. The summed E-state index contributed by atoms with van der Waals surface area (Å²) in [6.07, 6.45) is 2.98. The number of carbonyl (C=O) groups is 1. The van der Waals surface area contributed by atoms with E-state index in [-0.39, 0.29) is 11.2 Å². The second-order valence-electron chi connectivity index (χ2n) is 7.34. The number of rotatable bonds is 7. The van der Waals surface area contributed by atoms with Crippen LogP contribution in [0.25, 0.3) is 10.2 Å². The van der Waals surface area contributed by atoms with E-state index in [4.69, 9.17) is 0 Å². The van der Waals surface area contributed by atoms with Gasteiger partial charge in [0.05, 0.1) is 26.5 Å². The fourth-order valence-electron chi connectivity index (χ4n) is 3.14. The van der Waals surface area contributed by atoms with Crippen LogP contribution in [0.15, 0.2) is 53.7 Å². The van der Waals surface area contributed by atoms with E-state index in [0.717, 1.165) is 41.0 Å². The van der Waals surface area contributed by atoms with Crippen molar-refractivity contribution in [2.24, 2.45) is 0 Å². The van der Waals surface area contributed by atoms with Gasteiger partial charge in [-0.05, 0) is 60.0 Å². The van der Waals surface area contributed by atoms with Crippen LogP contribution in [0.4, 0.5) is 5.69 Å². The highest BCUT2D eigenvalue weighted by Gasteiger charge is 2.29. The van der Waals surface area contributed by atoms with Crippen molar-refractivity contribution in [1.82, 2.24) is 25.2 Å². The van der Waals surface area contributed by atoms with Gasteiger partial charge in [-0.2, -0.15) is 0 Å². The summed E-state index contributed by atoms with van der Waals surface area (Å²) in [5.41, 5.74) is 2.99. The number of amides is 1. The van der Waals surface area contributed by atoms with Crippen molar-refractivity contribution >= 4 is 44.9 Å². The predicted octanol–water partition coefficient (Wildman–Crippen LogP) is 4.33. The number of aromatic nitrogens is 5.